The molecule has 0 bridgehead atoms. The molecule has 2 aromatic heterocycles. The zero-order chi connectivity index (χ0) is 32.2. The molecule has 0 aliphatic carbocycles. The number of aryl methyl sites for hydroxylation is 2. The highest BCUT2D eigenvalue weighted by Crippen LogP contribution is 2.39. The summed E-state index contributed by atoms with van der Waals surface area (Å²) in [6.45, 7) is 15.1. The molecular weight excluding hydrogens is 565 g/mol. The molecule has 1 unspecified atom stereocenters. The van der Waals surface area contributed by atoms with Gasteiger partial charge in [0.05, 0.1) is 24.3 Å². The quantitative estimate of drug-likeness (QED) is 0.297. The van der Waals surface area contributed by atoms with E-state index >= 15 is 0 Å². The van der Waals surface area contributed by atoms with Gasteiger partial charge in [-0.15, -0.1) is 0 Å². The molecule has 0 spiro atoms. The number of aromatic nitrogens is 3. The molecule has 10 nitrogen and oxygen atoms in total. The first kappa shape index (κ1) is 33.0. The zero-order valence-electron chi connectivity index (χ0n) is 26.8. The molecule has 11 heteroatoms. The molecule has 1 aliphatic heterocycles. The van der Waals surface area contributed by atoms with Crippen molar-refractivity contribution in [3.63, 3.8) is 0 Å². The molecule has 1 saturated heterocycles. The minimum atomic E-state index is -1.06. The van der Waals surface area contributed by atoms with Crippen molar-refractivity contribution < 1.29 is 28.2 Å². The molecule has 1 N–H and O–H groups in total. The lowest BCUT2D eigenvalue weighted by atomic mass is 9.82. The Balaban J connectivity index is 1.65. The first-order valence-electron chi connectivity index (χ1n) is 15.2. The SMILES string of the molecule is CCOC(=O)C(OC(C)(C)C)c1c(C)nc2cc(C(=O)NCC(=O)CCc3ccc(F)cc3)nn2c1N1CCC(C)(C)CC1. The van der Waals surface area contributed by atoms with Crippen molar-refractivity contribution >= 4 is 29.1 Å². The number of esters is 1. The Morgan fingerprint density at radius 1 is 1.11 bits per heavy atom. The summed E-state index contributed by atoms with van der Waals surface area (Å²) >= 11 is 0. The predicted octanol–water partition coefficient (Wildman–Crippen LogP) is 5.15. The summed E-state index contributed by atoms with van der Waals surface area (Å²) in [7, 11) is 0. The van der Waals surface area contributed by atoms with E-state index in [1.54, 1.807) is 29.6 Å². The van der Waals surface area contributed by atoms with Crippen LogP contribution in [0.5, 0.6) is 0 Å². The normalized spacial score (nSPS) is 15.7. The fourth-order valence-electron chi connectivity index (χ4n) is 5.25. The van der Waals surface area contributed by atoms with Crippen LogP contribution in [0.25, 0.3) is 5.65 Å². The minimum Gasteiger partial charge on any atom is -0.464 e. The molecule has 44 heavy (non-hydrogen) atoms. The van der Waals surface area contributed by atoms with Crippen molar-refractivity contribution in [2.75, 3.05) is 31.1 Å². The van der Waals surface area contributed by atoms with Gasteiger partial charge in [0, 0.05) is 31.3 Å². The summed E-state index contributed by atoms with van der Waals surface area (Å²) in [4.78, 5) is 45.9. The van der Waals surface area contributed by atoms with Crippen LogP contribution < -0.4 is 10.2 Å². The molecule has 4 rings (SSSR count). The number of benzene rings is 1. The molecule has 1 aromatic carbocycles. The molecule has 3 heterocycles. The third-order valence-corrected chi connectivity index (χ3v) is 7.74. The topological polar surface area (TPSA) is 115 Å². The van der Waals surface area contributed by atoms with Gasteiger partial charge in [-0.25, -0.2) is 14.2 Å². The molecule has 0 radical (unpaired) electrons. The van der Waals surface area contributed by atoms with Gasteiger partial charge in [-0.1, -0.05) is 26.0 Å². The van der Waals surface area contributed by atoms with Crippen molar-refractivity contribution in [2.24, 2.45) is 5.41 Å². The van der Waals surface area contributed by atoms with Crippen LogP contribution in [0.15, 0.2) is 30.3 Å². The van der Waals surface area contributed by atoms with Crippen molar-refractivity contribution in [3.8, 4) is 0 Å². The number of nitrogens with one attached hydrogen (secondary N) is 1. The van der Waals surface area contributed by atoms with Gasteiger partial charge in [-0.3, -0.25) is 9.59 Å². The van der Waals surface area contributed by atoms with Gasteiger partial charge < -0.3 is 19.7 Å². The second-order valence-corrected chi connectivity index (χ2v) is 13.1. The summed E-state index contributed by atoms with van der Waals surface area (Å²) in [6.07, 6.45) is 1.45. The number of ether oxygens (including phenoxy) is 2. The van der Waals surface area contributed by atoms with Crippen molar-refractivity contribution in [1.29, 1.82) is 0 Å². The average molecular weight is 610 g/mol. The van der Waals surface area contributed by atoms with E-state index in [2.05, 4.69) is 29.2 Å². The molecule has 3 aromatic rings. The van der Waals surface area contributed by atoms with E-state index in [-0.39, 0.29) is 42.3 Å². The predicted molar refractivity (Wildman–Crippen MR) is 165 cm³/mol. The number of rotatable bonds is 11. The van der Waals surface area contributed by atoms with E-state index in [0.717, 1.165) is 18.4 Å². The van der Waals surface area contributed by atoms with Crippen LogP contribution >= 0.6 is 0 Å². The van der Waals surface area contributed by atoms with Crippen LogP contribution in [0.4, 0.5) is 10.2 Å². The number of carbonyl (C=O) groups excluding carboxylic acids is 3. The summed E-state index contributed by atoms with van der Waals surface area (Å²) in [5.74, 6) is -0.879. The second kappa shape index (κ2) is 13.4. The third-order valence-electron chi connectivity index (χ3n) is 7.74. The van der Waals surface area contributed by atoms with Crippen LogP contribution in [0.1, 0.15) is 94.2 Å². The van der Waals surface area contributed by atoms with Gasteiger partial charge in [0.1, 0.15) is 11.6 Å². The van der Waals surface area contributed by atoms with Gasteiger partial charge in [-0.05, 0) is 77.0 Å². The number of fused-ring (bicyclic) bond motifs is 1. The molecular formula is C33H44FN5O5. The van der Waals surface area contributed by atoms with Crippen molar-refractivity contribution in [1.82, 2.24) is 19.9 Å². The Bertz CT molecular complexity index is 1500. The highest BCUT2D eigenvalue weighted by molar-refractivity contribution is 5.96. The lowest BCUT2D eigenvalue weighted by Gasteiger charge is -2.39. The van der Waals surface area contributed by atoms with E-state index in [0.29, 0.717) is 42.2 Å². The van der Waals surface area contributed by atoms with Gasteiger partial charge in [0.15, 0.2) is 23.2 Å². The number of hydrogen-bond donors (Lipinski definition) is 1. The zero-order valence-corrected chi connectivity index (χ0v) is 26.8. The van der Waals surface area contributed by atoms with E-state index in [4.69, 9.17) is 14.5 Å². The standard InChI is InChI=1S/C33H44FN5O5/c1-8-43-31(42)28(44-32(3,4)5)27-21(2)36-26-19-25(37-39(26)30(27)38-17-15-33(6,7)16-18-38)29(41)35-20-24(40)14-11-22-9-12-23(34)13-10-22/h9-10,12-13,19,28H,8,11,14-18,20H2,1-7H3,(H,35,41). The number of ketones is 1. The number of hydrogen-bond acceptors (Lipinski definition) is 8. The summed E-state index contributed by atoms with van der Waals surface area (Å²) < 4.78 is 26.5. The van der Waals surface area contributed by atoms with Crippen LogP contribution in [0.3, 0.4) is 0 Å². The number of anilines is 1. The summed E-state index contributed by atoms with van der Waals surface area (Å²) in [6, 6.07) is 7.57. The first-order chi connectivity index (χ1) is 20.7. The molecule has 1 fully saturated rings. The Kier molecular flexibility index (Phi) is 10.1. The van der Waals surface area contributed by atoms with Crippen LogP contribution in [-0.2, 0) is 25.5 Å². The highest BCUT2D eigenvalue weighted by atomic mass is 19.1. The monoisotopic (exact) mass is 609 g/mol. The van der Waals surface area contributed by atoms with Gasteiger partial charge in [-0.2, -0.15) is 9.61 Å². The molecule has 0 saturated carbocycles. The maximum atomic E-state index is 13.3. The Morgan fingerprint density at radius 3 is 2.39 bits per heavy atom. The number of Topliss-reactive ketones (excluding diaryl/α,β-unsaturated/α-hetero) is 1. The minimum absolute atomic E-state index is 0.100. The number of amides is 1. The van der Waals surface area contributed by atoms with Crippen molar-refractivity contribution in [2.45, 2.75) is 85.9 Å². The van der Waals surface area contributed by atoms with Crippen LogP contribution in [-0.4, -0.2) is 64.1 Å². The molecule has 238 valence electrons. The fraction of sp³-hybridized carbons (Fsp3) is 0.545. The fourth-order valence-corrected chi connectivity index (χ4v) is 5.25. The summed E-state index contributed by atoms with van der Waals surface area (Å²) in [5, 5.41) is 7.30. The van der Waals surface area contributed by atoms with Crippen molar-refractivity contribution in [3.05, 3.63) is 58.7 Å². The first-order valence-corrected chi connectivity index (χ1v) is 15.2. The second-order valence-electron chi connectivity index (χ2n) is 13.1. The summed E-state index contributed by atoms with van der Waals surface area (Å²) in [5.41, 5.74) is 2.01. The van der Waals surface area contributed by atoms with E-state index in [9.17, 15) is 18.8 Å². The largest absolute Gasteiger partial charge is 0.464 e. The van der Waals surface area contributed by atoms with E-state index < -0.39 is 23.6 Å². The lowest BCUT2D eigenvalue weighted by molar-refractivity contribution is -0.166. The Morgan fingerprint density at radius 2 is 1.77 bits per heavy atom. The van der Waals surface area contributed by atoms with Gasteiger partial charge in [0.25, 0.3) is 5.91 Å². The van der Waals surface area contributed by atoms with E-state index in [1.807, 2.05) is 27.7 Å². The molecule has 1 aliphatic rings. The maximum Gasteiger partial charge on any atom is 0.340 e. The molecule has 1 atom stereocenters. The van der Waals surface area contributed by atoms with Gasteiger partial charge in [0.2, 0.25) is 0 Å². The number of carbonyl (C=O) groups is 3. The number of nitrogens with zero attached hydrogens (tertiary/aromatic N) is 4. The van der Waals surface area contributed by atoms with Crippen LogP contribution in [0.2, 0.25) is 0 Å². The highest BCUT2D eigenvalue weighted by Gasteiger charge is 2.37. The lowest BCUT2D eigenvalue weighted by Crippen LogP contribution is -2.40. The average Bonchev–Trinajstić information content (AvgIpc) is 3.37. The van der Waals surface area contributed by atoms with E-state index in [1.165, 1.54) is 12.1 Å². The maximum absolute atomic E-state index is 13.3. The molecule has 1 amide bonds. The smallest absolute Gasteiger partial charge is 0.340 e. The van der Waals surface area contributed by atoms with Crippen LogP contribution in [0, 0.1) is 18.2 Å². The number of halogens is 1. The Labute approximate surface area is 258 Å². The number of piperidine rings is 1. The van der Waals surface area contributed by atoms with Gasteiger partial charge >= 0.3 is 5.97 Å². The Hall–Kier alpha value is -3.86. The third kappa shape index (κ3) is 8.19.